The number of carboxylic acid groups (broad SMARTS) is 1. The minimum absolute atomic E-state index is 0.144. The van der Waals surface area contributed by atoms with Crippen LogP contribution in [0.25, 0.3) is 10.9 Å². The molecule has 0 radical (unpaired) electrons. The predicted octanol–water partition coefficient (Wildman–Crippen LogP) is 0.896. The standard InChI is InChI=1S/C18H18N4O5/c1-20-15(23)12(16(24)21(2)17(20)25)14-13-10(7-8-22(14)18(26)27)9-5-3-4-6-11(9)19-13/h3-6,14,19,23H,7-8H2,1-2H3,(H,26,27). The molecule has 1 atom stereocenters. The lowest BCUT2D eigenvalue weighted by molar-refractivity contribution is 0.127. The molecule has 9 heteroatoms. The van der Waals surface area contributed by atoms with Gasteiger partial charge in [0.15, 0.2) is 0 Å². The van der Waals surface area contributed by atoms with Gasteiger partial charge in [0.25, 0.3) is 5.56 Å². The number of aromatic hydroxyl groups is 1. The van der Waals surface area contributed by atoms with Gasteiger partial charge in [-0.3, -0.25) is 18.8 Å². The summed E-state index contributed by atoms with van der Waals surface area (Å²) < 4.78 is 1.81. The zero-order valence-corrected chi connectivity index (χ0v) is 14.8. The first kappa shape index (κ1) is 17.0. The number of carbonyl (C=O) groups is 1. The lowest BCUT2D eigenvalue weighted by atomic mass is 9.93. The Kier molecular flexibility index (Phi) is 3.62. The molecule has 3 aromatic rings. The van der Waals surface area contributed by atoms with Crippen LogP contribution in [0.2, 0.25) is 0 Å². The Hall–Kier alpha value is -3.49. The van der Waals surface area contributed by atoms with Crippen molar-refractivity contribution in [3.63, 3.8) is 0 Å². The summed E-state index contributed by atoms with van der Waals surface area (Å²) in [5.41, 5.74) is 0.712. The molecule has 0 saturated carbocycles. The van der Waals surface area contributed by atoms with Crippen molar-refractivity contribution in [3.05, 3.63) is 61.9 Å². The molecule has 1 unspecified atom stereocenters. The molecular weight excluding hydrogens is 352 g/mol. The van der Waals surface area contributed by atoms with Crippen LogP contribution in [0, 0.1) is 0 Å². The normalized spacial score (nSPS) is 16.5. The molecule has 3 N–H and O–H groups in total. The van der Waals surface area contributed by atoms with Gasteiger partial charge in [-0.2, -0.15) is 0 Å². The Morgan fingerprint density at radius 2 is 1.89 bits per heavy atom. The summed E-state index contributed by atoms with van der Waals surface area (Å²) >= 11 is 0. The highest BCUT2D eigenvalue weighted by Gasteiger charge is 2.38. The van der Waals surface area contributed by atoms with Gasteiger partial charge in [0.2, 0.25) is 5.88 Å². The van der Waals surface area contributed by atoms with E-state index in [1.165, 1.54) is 14.1 Å². The highest BCUT2D eigenvalue weighted by molar-refractivity contribution is 5.86. The van der Waals surface area contributed by atoms with Crippen LogP contribution in [-0.2, 0) is 20.5 Å². The lowest BCUT2D eigenvalue weighted by Gasteiger charge is -2.34. The van der Waals surface area contributed by atoms with Crippen molar-refractivity contribution < 1.29 is 15.0 Å². The molecule has 3 heterocycles. The van der Waals surface area contributed by atoms with E-state index in [1.54, 1.807) is 0 Å². The third-order valence-corrected chi connectivity index (χ3v) is 5.22. The smallest absolute Gasteiger partial charge is 0.408 e. The molecule has 0 saturated heterocycles. The number of para-hydroxylation sites is 1. The maximum atomic E-state index is 12.8. The minimum Gasteiger partial charge on any atom is -0.494 e. The molecule has 0 aliphatic carbocycles. The number of hydrogen-bond donors (Lipinski definition) is 3. The van der Waals surface area contributed by atoms with Gasteiger partial charge in [-0.15, -0.1) is 0 Å². The summed E-state index contributed by atoms with van der Waals surface area (Å²) in [4.78, 5) is 41.1. The fourth-order valence-electron chi connectivity index (χ4n) is 3.85. The van der Waals surface area contributed by atoms with Crippen LogP contribution in [0.15, 0.2) is 33.9 Å². The molecule has 1 aromatic carbocycles. The van der Waals surface area contributed by atoms with Crippen molar-refractivity contribution in [2.45, 2.75) is 12.5 Å². The first-order valence-electron chi connectivity index (χ1n) is 8.40. The minimum atomic E-state index is -1.21. The van der Waals surface area contributed by atoms with Crippen LogP contribution in [0.5, 0.6) is 5.88 Å². The Bertz CT molecular complexity index is 1200. The zero-order valence-electron chi connectivity index (χ0n) is 14.8. The molecule has 0 bridgehead atoms. The van der Waals surface area contributed by atoms with Crippen LogP contribution in [-0.4, -0.2) is 41.9 Å². The monoisotopic (exact) mass is 370 g/mol. The van der Waals surface area contributed by atoms with E-state index in [2.05, 4.69) is 4.98 Å². The molecule has 4 rings (SSSR count). The van der Waals surface area contributed by atoms with Gasteiger partial charge in [-0.05, 0) is 18.1 Å². The van der Waals surface area contributed by atoms with Crippen LogP contribution < -0.4 is 11.2 Å². The summed E-state index contributed by atoms with van der Waals surface area (Å²) in [6.45, 7) is 0.167. The Morgan fingerprint density at radius 1 is 1.19 bits per heavy atom. The second-order valence-electron chi connectivity index (χ2n) is 6.63. The quantitative estimate of drug-likeness (QED) is 0.588. The second-order valence-corrected chi connectivity index (χ2v) is 6.63. The van der Waals surface area contributed by atoms with E-state index in [0.717, 1.165) is 30.5 Å². The Balaban J connectivity index is 2.08. The summed E-state index contributed by atoms with van der Waals surface area (Å²) in [5.74, 6) is -0.536. The van der Waals surface area contributed by atoms with E-state index in [0.29, 0.717) is 12.1 Å². The van der Waals surface area contributed by atoms with E-state index >= 15 is 0 Å². The molecule has 27 heavy (non-hydrogen) atoms. The molecule has 1 aliphatic heterocycles. The molecule has 0 spiro atoms. The van der Waals surface area contributed by atoms with Gasteiger partial charge >= 0.3 is 11.8 Å². The van der Waals surface area contributed by atoms with Crippen molar-refractivity contribution >= 4 is 17.0 Å². The third-order valence-electron chi connectivity index (χ3n) is 5.22. The van der Waals surface area contributed by atoms with Crippen molar-refractivity contribution in [2.75, 3.05) is 6.54 Å². The van der Waals surface area contributed by atoms with Gasteiger partial charge in [0.05, 0.1) is 0 Å². The second kappa shape index (κ2) is 5.76. The van der Waals surface area contributed by atoms with Gasteiger partial charge in [0.1, 0.15) is 11.6 Å². The topological polar surface area (TPSA) is 121 Å². The number of hydrogen-bond acceptors (Lipinski definition) is 4. The van der Waals surface area contributed by atoms with Crippen molar-refractivity contribution in [1.82, 2.24) is 19.0 Å². The number of fused-ring (bicyclic) bond motifs is 3. The molecule has 1 aliphatic rings. The number of benzene rings is 1. The Morgan fingerprint density at radius 3 is 2.59 bits per heavy atom. The van der Waals surface area contributed by atoms with Gasteiger partial charge in [-0.25, -0.2) is 9.59 Å². The molecule has 140 valence electrons. The van der Waals surface area contributed by atoms with Crippen LogP contribution in [0.1, 0.15) is 22.9 Å². The number of aromatic amines is 1. The Labute approximate surface area is 152 Å². The summed E-state index contributed by atoms with van der Waals surface area (Å²) in [6.07, 6.45) is -0.728. The van der Waals surface area contributed by atoms with E-state index in [1.807, 2.05) is 24.3 Å². The van der Waals surface area contributed by atoms with Crippen LogP contribution in [0.3, 0.4) is 0 Å². The first-order chi connectivity index (χ1) is 12.8. The lowest BCUT2D eigenvalue weighted by Crippen LogP contribution is -2.46. The summed E-state index contributed by atoms with van der Waals surface area (Å²) in [5, 5.41) is 21.2. The summed E-state index contributed by atoms with van der Waals surface area (Å²) in [6, 6.07) is 6.50. The van der Waals surface area contributed by atoms with E-state index in [9.17, 15) is 24.6 Å². The maximum absolute atomic E-state index is 12.8. The molecule has 2 aromatic heterocycles. The number of rotatable bonds is 1. The molecule has 9 nitrogen and oxygen atoms in total. The SMILES string of the molecule is Cn1c(O)c(C2c3[nH]c4ccccc4c3CCN2C(=O)O)c(=O)n(C)c1=O. The highest BCUT2D eigenvalue weighted by atomic mass is 16.4. The van der Waals surface area contributed by atoms with Crippen LogP contribution >= 0.6 is 0 Å². The van der Waals surface area contributed by atoms with Gasteiger partial charge in [-0.1, -0.05) is 18.2 Å². The fraction of sp³-hybridized carbons (Fsp3) is 0.278. The van der Waals surface area contributed by atoms with Gasteiger partial charge in [0, 0.05) is 37.2 Å². The number of amides is 1. The first-order valence-corrected chi connectivity index (χ1v) is 8.40. The number of nitrogens with one attached hydrogen (secondary N) is 1. The third kappa shape index (κ3) is 2.28. The highest BCUT2D eigenvalue weighted by Crippen LogP contribution is 2.39. The number of H-pyrrole nitrogens is 1. The largest absolute Gasteiger partial charge is 0.494 e. The average molecular weight is 370 g/mol. The molecule has 0 fully saturated rings. The van der Waals surface area contributed by atoms with E-state index in [-0.39, 0.29) is 12.1 Å². The summed E-state index contributed by atoms with van der Waals surface area (Å²) in [7, 11) is 2.63. The molecule has 1 amide bonds. The average Bonchev–Trinajstić information content (AvgIpc) is 3.04. The predicted molar refractivity (Wildman–Crippen MR) is 97.2 cm³/mol. The van der Waals surface area contributed by atoms with E-state index < -0.39 is 29.3 Å². The molecular formula is C18H18N4O5. The maximum Gasteiger partial charge on any atom is 0.408 e. The van der Waals surface area contributed by atoms with Crippen molar-refractivity contribution in [3.8, 4) is 5.88 Å². The fourth-order valence-corrected chi connectivity index (χ4v) is 3.85. The number of nitrogens with zero attached hydrogens (tertiary/aromatic N) is 3. The number of aromatic nitrogens is 3. The van der Waals surface area contributed by atoms with Crippen molar-refractivity contribution in [2.24, 2.45) is 14.1 Å². The van der Waals surface area contributed by atoms with E-state index in [4.69, 9.17) is 0 Å². The van der Waals surface area contributed by atoms with Crippen molar-refractivity contribution in [1.29, 1.82) is 0 Å². The zero-order chi connectivity index (χ0) is 19.5. The van der Waals surface area contributed by atoms with Gasteiger partial charge < -0.3 is 15.2 Å². The van der Waals surface area contributed by atoms with Crippen LogP contribution in [0.4, 0.5) is 4.79 Å².